The number of benzene rings is 2. The van der Waals surface area contributed by atoms with Crippen molar-refractivity contribution in [2.45, 2.75) is 19.8 Å². The van der Waals surface area contributed by atoms with Gasteiger partial charge in [0.2, 0.25) is 0 Å². The van der Waals surface area contributed by atoms with Gasteiger partial charge in [0.1, 0.15) is 0 Å². The molecule has 2 aromatic carbocycles. The highest BCUT2D eigenvalue weighted by molar-refractivity contribution is 14.1. The monoisotopic (exact) mass is 464 g/mol. The Balaban J connectivity index is 1.55. The minimum atomic E-state index is -0.500. The van der Waals surface area contributed by atoms with Crippen LogP contribution in [0.2, 0.25) is 0 Å². The van der Waals surface area contributed by atoms with Crippen LogP contribution in [0.3, 0.4) is 0 Å². The maximum Gasteiger partial charge on any atom is 0.338 e. The Morgan fingerprint density at radius 3 is 2.62 bits per heavy atom. The molecule has 1 aliphatic heterocycles. The van der Waals surface area contributed by atoms with Crippen molar-refractivity contribution in [2.24, 2.45) is 0 Å². The number of halogens is 1. The topological polar surface area (TPSA) is 58.6 Å². The van der Waals surface area contributed by atoms with Gasteiger partial charge in [-0.05, 0) is 84.3 Å². The highest BCUT2D eigenvalue weighted by Crippen LogP contribution is 2.25. The van der Waals surface area contributed by atoms with Crippen molar-refractivity contribution in [3.8, 4) is 0 Å². The Morgan fingerprint density at radius 1 is 1.15 bits per heavy atom. The summed E-state index contributed by atoms with van der Waals surface area (Å²) in [5.41, 5.74) is 3.36. The van der Waals surface area contributed by atoms with E-state index in [1.54, 1.807) is 18.2 Å². The Morgan fingerprint density at radius 2 is 1.92 bits per heavy atom. The zero-order valence-electron chi connectivity index (χ0n) is 14.6. The van der Waals surface area contributed by atoms with Gasteiger partial charge in [-0.1, -0.05) is 6.07 Å². The Bertz CT molecular complexity index is 816. The minimum Gasteiger partial charge on any atom is -0.452 e. The predicted octanol–water partition coefficient (Wildman–Crippen LogP) is 4.00. The molecule has 0 aromatic heterocycles. The first-order valence-electron chi connectivity index (χ1n) is 8.61. The number of hydrogen-bond acceptors (Lipinski definition) is 4. The average Bonchev–Trinajstić information content (AvgIpc) is 3.16. The van der Waals surface area contributed by atoms with Gasteiger partial charge >= 0.3 is 5.97 Å². The molecule has 0 spiro atoms. The van der Waals surface area contributed by atoms with Gasteiger partial charge < -0.3 is 15.0 Å². The zero-order chi connectivity index (χ0) is 18.5. The molecule has 0 bridgehead atoms. The second kappa shape index (κ2) is 8.53. The number of nitrogens with zero attached hydrogens (tertiary/aromatic N) is 1. The van der Waals surface area contributed by atoms with Gasteiger partial charge in [-0.2, -0.15) is 0 Å². The van der Waals surface area contributed by atoms with Crippen LogP contribution < -0.4 is 10.2 Å². The van der Waals surface area contributed by atoms with Crippen LogP contribution in [0.4, 0.5) is 11.4 Å². The third-order valence-electron chi connectivity index (χ3n) is 4.35. The number of aryl methyl sites for hydroxylation is 1. The van der Waals surface area contributed by atoms with Gasteiger partial charge in [-0.15, -0.1) is 0 Å². The van der Waals surface area contributed by atoms with E-state index in [1.807, 2.05) is 25.1 Å². The third-order valence-corrected chi connectivity index (χ3v) is 5.02. The number of ether oxygens (including phenoxy) is 1. The van der Waals surface area contributed by atoms with Gasteiger partial charge in [0, 0.05) is 28.0 Å². The van der Waals surface area contributed by atoms with E-state index < -0.39 is 5.97 Å². The number of amides is 1. The first kappa shape index (κ1) is 18.7. The molecule has 1 aliphatic rings. The lowest BCUT2D eigenvalue weighted by Gasteiger charge is -2.19. The number of carbonyl (C=O) groups excluding carboxylic acids is 2. The smallest absolute Gasteiger partial charge is 0.338 e. The summed E-state index contributed by atoms with van der Waals surface area (Å²) in [7, 11) is 0. The molecule has 1 amide bonds. The molecular formula is C20H21IN2O3. The van der Waals surface area contributed by atoms with Crippen molar-refractivity contribution in [1.29, 1.82) is 0 Å². The van der Waals surface area contributed by atoms with Crippen molar-refractivity contribution < 1.29 is 14.3 Å². The van der Waals surface area contributed by atoms with E-state index in [9.17, 15) is 9.59 Å². The lowest BCUT2D eigenvalue weighted by molar-refractivity contribution is -0.119. The summed E-state index contributed by atoms with van der Waals surface area (Å²) in [5.74, 6) is -0.847. The number of rotatable bonds is 5. The van der Waals surface area contributed by atoms with Crippen LogP contribution in [0, 0.1) is 10.5 Å². The number of hydrogen-bond donors (Lipinski definition) is 1. The molecule has 0 atom stereocenters. The molecule has 2 aromatic rings. The van der Waals surface area contributed by atoms with Crippen LogP contribution in [0.15, 0.2) is 42.5 Å². The van der Waals surface area contributed by atoms with E-state index in [4.69, 9.17) is 4.74 Å². The van der Waals surface area contributed by atoms with Gasteiger partial charge in [-0.3, -0.25) is 4.79 Å². The molecule has 136 valence electrons. The maximum atomic E-state index is 12.1. The van der Waals surface area contributed by atoms with Crippen molar-refractivity contribution in [1.82, 2.24) is 0 Å². The highest BCUT2D eigenvalue weighted by atomic mass is 127. The molecule has 0 saturated carbocycles. The molecule has 26 heavy (non-hydrogen) atoms. The highest BCUT2D eigenvalue weighted by Gasteiger charge is 2.14. The normalized spacial score (nSPS) is 13.5. The van der Waals surface area contributed by atoms with E-state index in [-0.39, 0.29) is 12.5 Å². The van der Waals surface area contributed by atoms with Crippen molar-refractivity contribution in [3.05, 3.63) is 57.2 Å². The molecule has 5 nitrogen and oxygen atoms in total. The first-order chi connectivity index (χ1) is 12.5. The standard InChI is InChI=1S/C20H21IN2O3/c1-14-11-17(23-9-2-3-10-23)7-8-18(14)22-19(24)13-26-20(25)15-5-4-6-16(21)12-15/h4-8,11-12H,2-3,9-10,13H2,1H3,(H,22,24). The summed E-state index contributed by atoms with van der Waals surface area (Å²) in [6.07, 6.45) is 2.45. The maximum absolute atomic E-state index is 12.1. The summed E-state index contributed by atoms with van der Waals surface area (Å²) in [5, 5.41) is 2.81. The van der Waals surface area contributed by atoms with Crippen LogP contribution in [-0.2, 0) is 9.53 Å². The van der Waals surface area contributed by atoms with E-state index in [2.05, 4.69) is 38.9 Å². The van der Waals surface area contributed by atoms with Gasteiger partial charge in [0.25, 0.3) is 5.91 Å². The van der Waals surface area contributed by atoms with Gasteiger partial charge in [0.05, 0.1) is 5.56 Å². The van der Waals surface area contributed by atoms with E-state index in [0.717, 1.165) is 27.9 Å². The Kier molecular flexibility index (Phi) is 6.13. The summed E-state index contributed by atoms with van der Waals surface area (Å²) < 4.78 is 6.04. The van der Waals surface area contributed by atoms with Crippen LogP contribution >= 0.6 is 22.6 Å². The van der Waals surface area contributed by atoms with Crippen LogP contribution in [-0.4, -0.2) is 31.6 Å². The summed E-state index contributed by atoms with van der Waals surface area (Å²) in [6, 6.07) is 13.1. The number of carbonyl (C=O) groups is 2. The quantitative estimate of drug-likeness (QED) is 0.537. The molecule has 1 saturated heterocycles. The molecule has 1 heterocycles. The summed E-state index contributed by atoms with van der Waals surface area (Å²) >= 11 is 2.13. The fourth-order valence-electron chi connectivity index (χ4n) is 2.98. The number of nitrogens with one attached hydrogen (secondary N) is 1. The SMILES string of the molecule is Cc1cc(N2CCCC2)ccc1NC(=O)COC(=O)c1cccc(I)c1. The second-order valence-electron chi connectivity index (χ2n) is 6.33. The molecule has 1 fully saturated rings. The first-order valence-corrected chi connectivity index (χ1v) is 9.69. The molecule has 0 radical (unpaired) electrons. The van der Waals surface area contributed by atoms with Crippen LogP contribution in [0.5, 0.6) is 0 Å². The molecule has 6 heteroatoms. The Labute approximate surface area is 166 Å². The summed E-state index contributed by atoms with van der Waals surface area (Å²) in [4.78, 5) is 26.5. The van der Waals surface area contributed by atoms with Gasteiger partial charge in [-0.25, -0.2) is 4.79 Å². The van der Waals surface area contributed by atoms with E-state index in [0.29, 0.717) is 5.56 Å². The Hall–Kier alpha value is -2.09. The zero-order valence-corrected chi connectivity index (χ0v) is 16.8. The largest absolute Gasteiger partial charge is 0.452 e. The fraction of sp³-hybridized carbons (Fsp3) is 0.300. The molecule has 0 aliphatic carbocycles. The van der Waals surface area contributed by atoms with Crippen LogP contribution in [0.1, 0.15) is 28.8 Å². The summed E-state index contributed by atoms with van der Waals surface area (Å²) in [6.45, 7) is 3.82. The van der Waals surface area contributed by atoms with Crippen molar-refractivity contribution in [3.63, 3.8) is 0 Å². The van der Waals surface area contributed by atoms with Gasteiger partial charge in [0.15, 0.2) is 6.61 Å². The lowest BCUT2D eigenvalue weighted by Crippen LogP contribution is -2.22. The average molecular weight is 464 g/mol. The van der Waals surface area contributed by atoms with E-state index in [1.165, 1.54) is 18.5 Å². The molecular weight excluding hydrogens is 443 g/mol. The molecule has 1 N–H and O–H groups in total. The predicted molar refractivity (Wildman–Crippen MR) is 111 cm³/mol. The third kappa shape index (κ3) is 4.75. The second-order valence-corrected chi connectivity index (χ2v) is 7.57. The molecule has 3 rings (SSSR count). The number of esters is 1. The fourth-order valence-corrected chi connectivity index (χ4v) is 3.52. The van der Waals surface area contributed by atoms with Crippen molar-refractivity contribution >= 4 is 45.8 Å². The number of anilines is 2. The lowest BCUT2D eigenvalue weighted by atomic mass is 10.1. The minimum absolute atomic E-state index is 0.308. The van der Waals surface area contributed by atoms with E-state index >= 15 is 0 Å². The van der Waals surface area contributed by atoms with Crippen LogP contribution in [0.25, 0.3) is 0 Å². The van der Waals surface area contributed by atoms with Crippen molar-refractivity contribution in [2.75, 3.05) is 29.9 Å². The molecule has 0 unspecified atom stereocenters.